The summed E-state index contributed by atoms with van der Waals surface area (Å²) in [7, 11) is -2.89. The van der Waals surface area contributed by atoms with E-state index in [0.717, 1.165) is 0 Å². The molecule has 6 heteroatoms. The number of nitrogens with zero attached hydrogens (tertiary/aromatic N) is 1. The molecular weight excluding hydrogens is 228 g/mol. The molecule has 0 rings (SSSR count). The molecule has 0 aromatic heterocycles. The third-order valence-electron chi connectivity index (χ3n) is 1.72. The zero-order chi connectivity index (χ0) is 12.6. The van der Waals surface area contributed by atoms with Crippen molar-refractivity contribution in [3.63, 3.8) is 0 Å². The second kappa shape index (κ2) is 7.62. The molecule has 0 aromatic carbocycles. The van der Waals surface area contributed by atoms with E-state index in [1.807, 2.05) is 20.8 Å². The molecule has 0 radical (unpaired) electrons. The number of hydrogen-bond donors (Lipinski definition) is 1. The highest BCUT2D eigenvalue weighted by Gasteiger charge is 2.05. The summed E-state index contributed by atoms with van der Waals surface area (Å²) >= 11 is 0. The second-order valence-electron chi connectivity index (χ2n) is 4.28. The fourth-order valence-corrected chi connectivity index (χ4v) is 1.36. The molecule has 0 bridgehead atoms. The lowest BCUT2D eigenvalue weighted by Gasteiger charge is -2.11. The van der Waals surface area contributed by atoms with Crippen LogP contribution in [-0.2, 0) is 14.7 Å². The van der Waals surface area contributed by atoms with Gasteiger partial charge in [-0.3, -0.25) is 0 Å². The Morgan fingerprint density at radius 1 is 1.38 bits per heavy atom. The van der Waals surface area contributed by atoms with Crippen molar-refractivity contribution in [1.82, 2.24) is 5.32 Å². The van der Waals surface area contributed by atoms with Crippen LogP contribution in [0.5, 0.6) is 0 Å². The summed E-state index contributed by atoms with van der Waals surface area (Å²) < 4.78 is 21.7. The van der Waals surface area contributed by atoms with Crippen molar-refractivity contribution in [3.05, 3.63) is 0 Å². The third kappa shape index (κ3) is 11.5. The van der Waals surface area contributed by atoms with Crippen molar-refractivity contribution in [2.24, 2.45) is 11.1 Å². The minimum Gasteiger partial charge on any atom is -0.394 e. The van der Waals surface area contributed by atoms with E-state index >= 15 is 0 Å². The lowest BCUT2D eigenvalue weighted by atomic mass is 10.3. The zero-order valence-corrected chi connectivity index (χ0v) is 11.3. The summed E-state index contributed by atoms with van der Waals surface area (Å²) in [4.78, 5) is 5.05. The van der Waals surface area contributed by atoms with Crippen LogP contribution >= 0.6 is 0 Å². The van der Waals surface area contributed by atoms with Crippen molar-refractivity contribution in [1.29, 1.82) is 0 Å². The molecule has 0 amide bonds. The molecule has 0 spiro atoms. The Morgan fingerprint density at radius 3 is 2.50 bits per heavy atom. The molecule has 0 aliphatic heterocycles. The molecule has 0 aliphatic carbocycles. The minimum absolute atomic E-state index is 0.0889. The highest BCUT2D eigenvalue weighted by molar-refractivity contribution is 7.90. The summed E-state index contributed by atoms with van der Waals surface area (Å²) in [6.45, 7) is 6.83. The standard InChI is InChI=1S/C10H22N2O3S/c1-9(2)7-12-15-8-10(3)11-5-6-16(4,13)14/h7,9-11H,5-6,8H2,1-4H3/b12-7+. The van der Waals surface area contributed by atoms with Gasteiger partial charge in [0.05, 0.1) is 5.75 Å². The van der Waals surface area contributed by atoms with Crippen molar-refractivity contribution in [2.75, 3.05) is 25.2 Å². The van der Waals surface area contributed by atoms with E-state index < -0.39 is 9.84 Å². The Bertz CT molecular complexity index is 299. The first kappa shape index (κ1) is 15.4. The van der Waals surface area contributed by atoms with Gasteiger partial charge >= 0.3 is 0 Å². The van der Waals surface area contributed by atoms with Crippen LogP contribution in [0.2, 0.25) is 0 Å². The van der Waals surface area contributed by atoms with Gasteiger partial charge in [0.15, 0.2) is 0 Å². The SMILES string of the molecule is CC(C)/C=N/OCC(C)NCCS(C)(=O)=O. The van der Waals surface area contributed by atoms with E-state index in [1.54, 1.807) is 6.21 Å². The Hall–Kier alpha value is -0.620. The van der Waals surface area contributed by atoms with E-state index in [0.29, 0.717) is 19.1 Å². The van der Waals surface area contributed by atoms with Gasteiger partial charge in [0.2, 0.25) is 0 Å². The molecular formula is C10H22N2O3S. The highest BCUT2D eigenvalue weighted by Crippen LogP contribution is 1.89. The van der Waals surface area contributed by atoms with Crippen LogP contribution in [-0.4, -0.2) is 45.8 Å². The molecule has 0 aliphatic rings. The van der Waals surface area contributed by atoms with Gasteiger partial charge in [-0.15, -0.1) is 0 Å². The molecule has 0 fully saturated rings. The van der Waals surface area contributed by atoms with Crippen molar-refractivity contribution in [2.45, 2.75) is 26.8 Å². The first-order valence-electron chi connectivity index (χ1n) is 5.38. The molecule has 16 heavy (non-hydrogen) atoms. The highest BCUT2D eigenvalue weighted by atomic mass is 32.2. The van der Waals surface area contributed by atoms with E-state index in [2.05, 4.69) is 10.5 Å². The second-order valence-corrected chi connectivity index (χ2v) is 6.54. The van der Waals surface area contributed by atoms with Crippen molar-refractivity contribution >= 4 is 16.1 Å². The maximum Gasteiger partial charge on any atom is 0.148 e. The Morgan fingerprint density at radius 2 is 2.00 bits per heavy atom. The fourth-order valence-electron chi connectivity index (χ4n) is 0.869. The molecule has 0 saturated carbocycles. The summed E-state index contributed by atoms with van der Waals surface area (Å²) in [6.07, 6.45) is 2.95. The molecule has 0 aromatic rings. The molecule has 1 N–H and O–H groups in total. The number of rotatable bonds is 8. The van der Waals surface area contributed by atoms with Gasteiger partial charge in [-0.2, -0.15) is 0 Å². The van der Waals surface area contributed by atoms with Crippen LogP contribution < -0.4 is 5.32 Å². The van der Waals surface area contributed by atoms with Crippen LogP contribution in [0.3, 0.4) is 0 Å². The van der Waals surface area contributed by atoms with Crippen LogP contribution in [0.15, 0.2) is 5.16 Å². The maximum atomic E-state index is 10.9. The van der Waals surface area contributed by atoms with Crippen molar-refractivity contribution < 1.29 is 13.3 Å². The smallest absolute Gasteiger partial charge is 0.148 e. The van der Waals surface area contributed by atoms with Crippen LogP contribution in [0, 0.1) is 5.92 Å². The lowest BCUT2D eigenvalue weighted by Crippen LogP contribution is -2.33. The summed E-state index contributed by atoms with van der Waals surface area (Å²) in [5, 5.41) is 6.83. The van der Waals surface area contributed by atoms with Crippen molar-refractivity contribution in [3.8, 4) is 0 Å². The van der Waals surface area contributed by atoms with Gasteiger partial charge in [-0.25, -0.2) is 8.42 Å². The Balaban J connectivity index is 3.56. The molecule has 1 atom stereocenters. The molecule has 5 nitrogen and oxygen atoms in total. The number of sulfone groups is 1. The predicted octanol–water partition coefficient (Wildman–Crippen LogP) is 0.668. The average Bonchev–Trinajstić information content (AvgIpc) is 2.10. The normalized spacial score (nSPS) is 14.6. The number of nitrogens with one attached hydrogen (secondary N) is 1. The average molecular weight is 250 g/mol. The summed E-state index contributed by atoms with van der Waals surface area (Å²) in [5.74, 6) is 0.514. The first-order chi connectivity index (χ1) is 7.31. The lowest BCUT2D eigenvalue weighted by molar-refractivity contribution is 0.125. The van der Waals surface area contributed by atoms with Gasteiger partial charge in [0.25, 0.3) is 0 Å². The quantitative estimate of drug-likeness (QED) is 0.508. The third-order valence-corrected chi connectivity index (χ3v) is 2.67. The van der Waals surface area contributed by atoms with Gasteiger partial charge < -0.3 is 10.2 Å². The summed E-state index contributed by atoms with van der Waals surface area (Å²) in [6, 6.07) is 0.0889. The Kier molecular flexibility index (Phi) is 7.33. The molecule has 1 unspecified atom stereocenters. The Labute approximate surface area is 98.2 Å². The summed E-state index contributed by atoms with van der Waals surface area (Å²) in [5.41, 5.74) is 0. The molecule has 96 valence electrons. The van der Waals surface area contributed by atoms with E-state index in [-0.39, 0.29) is 11.8 Å². The van der Waals surface area contributed by atoms with E-state index in [9.17, 15) is 8.42 Å². The van der Waals surface area contributed by atoms with E-state index in [4.69, 9.17) is 4.84 Å². The molecule has 0 saturated heterocycles. The monoisotopic (exact) mass is 250 g/mol. The molecule has 0 heterocycles. The van der Waals surface area contributed by atoms with E-state index in [1.165, 1.54) is 6.26 Å². The number of oxime groups is 1. The van der Waals surface area contributed by atoms with Gasteiger partial charge in [0.1, 0.15) is 16.4 Å². The van der Waals surface area contributed by atoms with Gasteiger partial charge in [0, 0.05) is 25.1 Å². The minimum atomic E-state index is -2.89. The van der Waals surface area contributed by atoms with Crippen LogP contribution in [0.1, 0.15) is 20.8 Å². The zero-order valence-electron chi connectivity index (χ0n) is 10.4. The predicted molar refractivity (Wildman–Crippen MR) is 66.5 cm³/mol. The maximum absolute atomic E-state index is 10.9. The van der Waals surface area contributed by atoms with Gasteiger partial charge in [-0.1, -0.05) is 19.0 Å². The fraction of sp³-hybridized carbons (Fsp3) is 0.900. The first-order valence-corrected chi connectivity index (χ1v) is 7.44. The van der Waals surface area contributed by atoms with Crippen LogP contribution in [0.4, 0.5) is 0 Å². The number of hydrogen-bond acceptors (Lipinski definition) is 5. The van der Waals surface area contributed by atoms with Gasteiger partial charge in [-0.05, 0) is 12.8 Å². The largest absolute Gasteiger partial charge is 0.394 e. The topological polar surface area (TPSA) is 67.8 Å². The van der Waals surface area contributed by atoms with Crippen LogP contribution in [0.25, 0.3) is 0 Å².